The zero-order valence-corrected chi connectivity index (χ0v) is 17.6. The molecule has 11 heteroatoms. The summed E-state index contributed by atoms with van der Waals surface area (Å²) in [6.07, 6.45) is 4.96. The van der Waals surface area contributed by atoms with E-state index >= 15 is 0 Å². The monoisotopic (exact) mass is 459 g/mol. The van der Waals surface area contributed by atoms with Gasteiger partial charge in [-0.3, -0.25) is 14.8 Å². The summed E-state index contributed by atoms with van der Waals surface area (Å²) in [5, 5.41) is 8.28. The van der Waals surface area contributed by atoms with Gasteiger partial charge in [-0.05, 0) is 47.2 Å². The van der Waals surface area contributed by atoms with Gasteiger partial charge in [-0.15, -0.1) is 0 Å². The molecular weight excluding hydrogens is 446 g/mol. The van der Waals surface area contributed by atoms with Crippen molar-refractivity contribution in [2.45, 2.75) is 5.75 Å². The number of nitrogens with one attached hydrogen (secondary N) is 1. The van der Waals surface area contributed by atoms with E-state index in [1.807, 2.05) is 18.2 Å². The second kappa shape index (κ2) is 8.15. The molecular formula is C19H14ClN5O3S2. The Kier molecular flexibility index (Phi) is 5.56. The minimum atomic E-state index is -3.74. The van der Waals surface area contributed by atoms with Crippen molar-refractivity contribution >= 4 is 67.3 Å². The summed E-state index contributed by atoms with van der Waals surface area (Å²) < 4.78 is 22.7. The van der Waals surface area contributed by atoms with Crippen LogP contribution in [0.5, 0.6) is 0 Å². The van der Waals surface area contributed by atoms with Gasteiger partial charge in [-0.1, -0.05) is 29.8 Å². The Morgan fingerprint density at radius 3 is 2.70 bits per heavy atom. The van der Waals surface area contributed by atoms with Crippen molar-refractivity contribution in [3.05, 3.63) is 69.8 Å². The number of carbonyl (C=O) groups is 1. The number of benzene rings is 2. The lowest BCUT2D eigenvalue weighted by Gasteiger charge is -2.06. The number of carbonyl (C=O) groups excluding carboxylic acids is 1. The summed E-state index contributed by atoms with van der Waals surface area (Å²) >= 11 is 7.43. The van der Waals surface area contributed by atoms with Gasteiger partial charge in [-0.25, -0.2) is 18.5 Å². The number of hydrogen-bond donors (Lipinski definition) is 2. The zero-order valence-electron chi connectivity index (χ0n) is 15.2. The Morgan fingerprint density at radius 2 is 1.93 bits per heavy atom. The van der Waals surface area contributed by atoms with Gasteiger partial charge in [0.2, 0.25) is 10.0 Å². The van der Waals surface area contributed by atoms with E-state index in [0.717, 1.165) is 28.4 Å². The van der Waals surface area contributed by atoms with Crippen molar-refractivity contribution < 1.29 is 13.2 Å². The van der Waals surface area contributed by atoms with E-state index in [9.17, 15) is 13.2 Å². The fourth-order valence-corrected chi connectivity index (χ4v) is 4.62. The van der Waals surface area contributed by atoms with Crippen LogP contribution >= 0.6 is 23.4 Å². The first-order valence-electron chi connectivity index (χ1n) is 8.57. The third-order valence-electron chi connectivity index (χ3n) is 4.08. The average molecular weight is 460 g/mol. The van der Waals surface area contributed by atoms with Gasteiger partial charge in [0, 0.05) is 12.4 Å². The van der Waals surface area contributed by atoms with Crippen LogP contribution in [0.2, 0.25) is 5.02 Å². The van der Waals surface area contributed by atoms with E-state index in [1.54, 1.807) is 36.7 Å². The number of thioether (sulfide) groups is 1. The van der Waals surface area contributed by atoms with Crippen molar-refractivity contribution in [2.24, 2.45) is 10.1 Å². The van der Waals surface area contributed by atoms with Gasteiger partial charge in [0.25, 0.3) is 5.91 Å². The first-order chi connectivity index (χ1) is 14.3. The van der Waals surface area contributed by atoms with Gasteiger partial charge in [-0.2, -0.15) is 0 Å². The van der Waals surface area contributed by atoms with Gasteiger partial charge < -0.3 is 5.32 Å². The van der Waals surface area contributed by atoms with E-state index in [0.29, 0.717) is 21.3 Å². The van der Waals surface area contributed by atoms with Crippen LogP contribution in [0.25, 0.3) is 17.1 Å². The van der Waals surface area contributed by atoms with Crippen LogP contribution < -0.4 is 10.5 Å². The predicted molar refractivity (Wildman–Crippen MR) is 119 cm³/mol. The molecule has 152 valence electrons. The van der Waals surface area contributed by atoms with Crippen LogP contribution in [-0.2, 0) is 20.6 Å². The summed E-state index contributed by atoms with van der Waals surface area (Å²) in [6.45, 7) is 0. The molecule has 0 bridgehead atoms. The quantitative estimate of drug-likeness (QED) is 0.577. The third kappa shape index (κ3) is 4.68. The number of hydrogen-bond acceptors (Lipinski definition) is 7. The van der Waals surface area contributed by atoms with Crippen LogP contribution in [0, 0.1) is 0 Å². The number of halogens is 1. The van der Waals surface area contributed by atoms with Crippen molar-refractivity contribution in [3.8, 4) is 0 Å². The lowest BCUT2D eigenvalue weighted by Crippen LogP contribution is -2.19. The highest BCUT2D eigenvalue weighted by molar-refractivity contribution is 8.18. The minimum Gasteiger partial charge on any atom is -0.300 e. The number of nitrogens with two attached hydrogens (primary N) is 1. The van der Waals surface area contributed by atoms with Crippen molar-refractivity contribution in [1.82, 2.24) is 15.3 Å². The lowest BCUT2D eigenvalue weighted by molar-refractivity contribution is -0.115. The first kappa shape index (κ1) is 20.5. The van der Waals surface area contributed by atoms with Crippen molar-refractivity contribution in [1.29, 1.82) is 0 Å². The zero-order chi connectivity index (χ0) is 21.3. The molecule has 30 heavy (non-hydrogen) atoms. The van der Waals surface area contributed by atoms with E-state index in [1.165, 1.54) is 0 Å². The summed E-state index contributed by atoms with van der Waals surface area (Å²) in [6, 6.07) is 10.3. The van der Waals surface area contributed by atoms with Gasteiger partial charge in [0.15, 0.2) is 5.17 Å². The maximum Gasteiger partial charge on any atom is 0.264 e. The second-order valence-corrected chi connectivity index (χ2v) is 9.37. The Balaban J connectivity index is 1.61. The topological polar surface area (TPSA) is 127 Å². The second-order valence-electron chi connectivity index (χ2n) is 6.34. The predicted octanol–water partition coefficient (Wildman–Crippen LogP) is 2.96. The number of nitrogens with zero attached hydrogens (tertiary/aromatic N) is 3. The molecule has 0 aliphatic carbocycles. The standard InChI is InChI=1S/C19H14ClN5O3S2/c20-17-12(10-30(21,27)28)2-1-3-14(17)24-19-25-18(26)16(29-19)9-11-4-5-13-15(8-11)23-7-6-22-13/h1-9H,10H2,(H2,21,27,28)(H,24,25,26). The molecule has 0 saturated carbocycles. The summed E-state index contributed by atoms with van der Waals surface area (Å²) in [4.78, 5) is 25.6. The van der Waals surface area contributed by atoms with Crippen LogP contribution in [0.1, 0.15) is 11.1 Å². The molecule has 2 aromatic carbocycles. The third-order valence-corrected chi connectivity index (χ3v) is 6.14. The molecule has 8 nitrogen and oxygen atoms in total. The van der Waals surface area contributed by atoms with Gasteiger partial charge in [0.05, 0.1) is 32.4 Å². The van der Waals surface area contributed by atoms with Crippen molar-refractivity contribution in [3.63, 3.8) is 0 Å². The number of amides is 1. The van der Waals surface area contributed by atoms with E-state index in [-0.39, 0.29) is 10.9 Å². The SMILES string of the molecule is NS(=O)(=O)Cc1cccc(N=C2NC(=O)C(=Cc3ccc4nccnc4c3)S2)c1Cl. The number of rotatable bonds is 4. The number of sulfonamides is 1. The lowest BCUT2D eigenvalue weighted by atomic mass is 10.2. The molecule has 0 spiro atoms. The minimum absolute atomic E-state index is 0.166. The average Bonchev–Trinajstić information content (AvgIpc) is 3.03. The first-order valence-corrected chi connectivity index (χ1v) is 11.5. The van der Waals surface area contributed by atoms with Crippen LogP contribution in [0.15, 0.2) is 58.7 Å². The molecule has 1 fully saturated rings. The number of primary sulfonamides is 1. The number of aliphatic imine (C=N–C) groups is 1. The fraction of sp³-hybridized carbons (Fsp3) is 0.0526. The van der Waals surface area contributed by atoms with E-state index < -0.39 is 15.8 Å². The van der Waals surface area contributed by atoms with Crippen molar-refractivity contribution in [2.75, 3.05) is 0 Å². The molecule has 1 saturated heterocycles. The molecule has 0 unspecified atom stereocenters. The normalized spacial score (nSPS) is 17.1. The molecule has 1 aliphatic heterocycles. The number of aromatic nitrogens is 2. The van der Waals surface area contributed by atoms with Crippen LogP contribution in [0.4, 0.5) is 5.69 Å². The fourth-order valence-electron chi connectivity index (χ4n) is 2.79. The molecule has 3 aromatic rings. The Morgan fingerprint density at radius 1 is 1.17 bits per heavy atom. The molecule has 1 aliphatic rings. The van der Waals surface area contributed by atoms with Crippen LogP contribution in [0.3, 0.4) is 0 Å². The molecule has 1 amide bonds. The molecule has 4 rings (SSSR count). The summed E-state index contributed by atoms with van der Waals surface area (Å²) in [7, 11) is -3.74. The van der Waals surface area contributed by atoms with Gasteiger partial charge >= 0.3 is 0 Å². The molecule has 0 atom stereocenters. The highest BCUT2D eigenvalue weighted by Crippen LogP contribution is 2.33. The van der Waals surface area contributed by atoms with E-state index in [4.69, 9.17) is 16.7 Å². The molecule has 0 radical (unpaired) electrons. The summed E-state index contributed by atoms with van der Waals surface area (Å²) in [5.74, 6) is -0.699. The Bertz CT molecular complexity index is 1340. The molecule has 3 N–H and O–H groups in total. The Labute approximate surface area is 181 Å². The largest absolute Gasteiger partial charge is 0.300 e. The highest BCUT2D eigenvalue weighted by Gasteiger charge is 2.24. The molecule has 1 aromatic heterocycles. The van der Waals surface area contributed by atoms with Crippen LogP contribution in [-0.4, -0.2) is 29.5 Å². The smallest absolute Gasteiger partial charge is 0.264 e. The maximum absolute atomic E-state index is 12.3. The summed E-state index contributed by atoms with van der Waals surface area (Å²) in [5.41, 5.74) is 2.96. The number of fused-ring (bicyclic) bond motifs is 1. The maximum atomic E-state index is 12.3. The highest BCUT2D eigenvalue weighted by atomic mass is 35.5. The Hall–Kier alpha value is -2.79. The molecule has 2 heterocycles. The number of amidine groups is 1. The van der Waals surface area contributed by atoms with E-state index in [2.05, 4.69) is 20.3 Å². The van der Waals surface area contributed by atoms with Gasteiger partial charge in [0.1, 0.15) is 0 Å².